The van der Waals surface area contributed by atoms with E-state index in [0.29, 0.717) is 22.8 Å². The SMILES string of the molecule is CCOC(=O)c1ccc(-n2c(C)cc(/C=N\NC(=O)c3ccc(-n4c(C)ccc4C)cc3Cl)c2C)cc1. The molecule has 8 heteroatoms. The van der Waals surface area contributed by atoms with E-state index in [1.807, 2.05) is 64.1 Å². The smallest absolute Gasteiger partial charge is 0.338 e. The maximum Gasteiger partial charge on any atom is 0.338 e. The predicted octanol–water partition coefficient (Wildman–Crippen LogP) is 6.10. The quantitative estimate of drug-likeness (QED) is 0.183. The zero-order valence-electron chi connectivity index (χ0n) is 21.5. The molecule has 2 aromatic heterocycles. The average Bonchev–Trinajstić information content (AvgIpc) is 3.35. The molecule has 190 valence electrons. The molecule has 0 aliphatic rings. The first kappa shape index (κ1) is 26.0. The second kappa shape index (κ2) is 10.9. The first-order chi connectivity index (χ1) is 17.7. The van der Waals surface area contributed by atoms with Gasteiger partial charge in [0, 0.05) is 39.7 Å². The topological polar surface area (TPSA) is 77.6 Å². The van der Waals surface area contributed by atoms with Crippen LogP contribution in [0.1, 0.15) is 56.0 Å². The number of carbonyl (C=O) groups is 2. The largest absolute Gasteiger partial charge is 0.462 e. The van der Waals surface area contributed by atoms with Crippen molar-refractivity contribution in [3.8, 4) is 11.4 Å². The van der Waals surface area contributed by atoms with Crippen LogP contribution in [0.5, 0.6) is 0 Å². The monoisotopic (exact) mass is 516 g/mol. The summed E-state index contributed by atoms with van der Waals surface area (Å²) in [4.78, 5) is 24.7. The molecule has 0 radical (unpaired) electrons. The molecule has 0 aliphatic heterocycles. The highest BCUT2D eigenvalue weighted by atomic mass is 35.5. The maximum absolute atomic E-state index is 12.7. The van der Waals surface area contributed by atoms with E-state index in [4.69, 9.17) is 16.3 Å². The summed E-state index contributed by atoms with van der Waals surface area (Å²) >= 11 is 6.45. The molecule has 1 N–H and O–H groups in total. The average molecular weight is 517 g/mol. The minimum Gasteiger partial charge on any atom is -0.462 e. The third-order valence-electron chi connectivity index (χ3n) is 6.20. The van der Waals surface area contributed by atoms with E-state index in [1.54, 1.807) is 37.4 Å². The Morgan fingerprint density at radius 1 is 0.892 bits per heavy atom. The molecule has 0 unspecified atom stereocenters. The van der Waals surface area contributed by atoms with Crippen molar-refractivity contribution in [2.75, 3.05) is 6.61 Å². The molecule has 7 nitrogen and oxygen atoms in total. The van der Waals surface area contributed by atoms with Gasteiger partial charge in [0.15, 0.2) is 0 Å². The van der Waals surface area contributed by atoms with Crippen LogP contribution < -0.4 is 5.43 Å². The molecule has 0 saturated heterocycles. The highest BCUT2D eigenvalue weighted by molar-refractivity contribution is 6.34. The number of rotatable bonds is 7. The van der Waals surface area contributed by atoms with Crippen LogP contribution in [0, 0.1) is 27.7 Å². The molecule has 0 saturated carbocycles. The summed E-state index contributed by atoms with van der Waals surface area (Å²) in [7, 11) is 0. The number of esters is 1. The number of hydrogen-bond acceptors (Lipinski definition) is 4. The Balaban J connectivity index is 1.48. The van der Waals surface area contributed by atoms with Crippen LogP contribution >= 0.6 is 11.6 Å². The van der Waals surface area contributed by atoms with Gasteiger partial charge in [0.25, 0.3) is 5.91 Å². The lowest BCUT2D eigenvalue weighted by Gasteiger charge is -2.11. The number of ether oxygens (including phenoxy) is 1. The first-order valence-corrected chi connectivity index (χ1v) is 12.3. The van der Waals surface area contributed by atoms with E-state index < -0.39 is 5.91 Å². The number of halogens is 1. The van der Waals surface area contributed by atoms with Gasteiger partial charge in [-0.15, -0.1) is 0 Å². The number of nitrogens with one attached hydrogen (secondary N) is 1. The molecule has 0 bridgehead atoms. The zero-order chi connectivity index (χ0) is 26.7. The highest BCUT2D eigenvalue weighted by Crippen LogP contribution is 2.24. The van der Waals surface area contributed by atoms with Crippen molar-refractivity contribution in [2.45, 2.75) is 34.6 Å². The van der Waals surface area contributed by atoms with Crippen LogP contribution in [0.25, 0.3) is 11.4 Å². The van der Waals surface area contributed by atoms with Gasteiger partial charge >= 0.3 is 5.97 Å². The van der Waals surface area contributed by atoms with Gasteiger partial charge in [-0.25, -0.2) is 10.2 Å². The minimum atomic E-state index is -0.392. The number of carbonyl (C=O) groups excluding carboxylic acids is 2. The Bertz CT molecular complexity index is 1480. The lowest BCUT2D eigenvalue weighted by atomic mass is 10.2. The zero-order valence-corrected chi connectivity index (χ0v) is 22.3. The fraction of sp³-hybridized carbons (Fsp3) is 0.207. The Morgan fingerprint density at radius 3 is 2.16 bits per heavy atom. The molecular weight excluding hydrogens is 488 g/mol. The van der Waals surface area contributed by atoms with Crippen LogP contribution in [-0.4, -0.2) is 33.8 Å². The van der Waals surface area contributed by atoms with Gasteiger partial charge in [-0.2, -0.15) is 5.10 Å². The second-order valence-electron chi connectivity index (χ2n) is 8.74. The van der Waals surface area contributed by atoms with Crippen LogP contribution in [0.4, 0.5) is 0 Å². The summed E-state index contributed by atoms with van der Waals surface area (Å²) in [5, 5.41) is 4.51. The summed E-state index contributed by atoms with van der Waals surface area (Å²) in [5.74, 6) is -0.736. The second-order valence-corrected chi connectivity index (χ2v) is 9.15. The summed E-state index contributed by atoms with van der Waals surface area (Å²) in [6.45, 7) is 10.1. The summed E-state index contributed by atoms with van der Waals surface area (Å²) in [6, 6.07) is 18.6. The molecule has 37 heavy (non-hydrogen) atoms. The number of aromatic nitrogens is 2. The standard InChI is InChI=1S/C29H29ClN4O3/c1-6-37-29(36)22-9-11-24(12-10-22)34-20(4)15-23(21(34)5)17-31-32-28(35)26-14-13-25(16-27(26)30)33-18(2)7-8-19(33)3/h7-17H,6H2,1-5H3,(H,32,35)/b31-17-. The van der Waals surface area contributed by atoms with E-state index in [9.17, 15) is 9.59 Å². The minimum absolute atomic E-state index is 0.334. The van der Waals surface area contributed by atoms with Crippen LogP contribution in [0.2, 0.25) is 5.02 Å². The fourth-order valence-corrected chi connectivity index (χ4v) is 4.66. The third-order valence-corrected chi connectivity index (χ3v) is 6.52. The molecule has 2 heterocycles. The number of hydrogen-bond donors (Lipinski definition) is 1. The summed E-state index contributed by atoms with van der Waals surface area (Å²) in [6.07, 6.45) is 1.61. The van der Waals surface area contributed by atoms with Crippen LogP contribution in [0.15, 0.2) is 65.8 Å². The number of aryl methyl sites for hydroxylation is 3. The molecule has 0 aliphatic carbocycles. The number of nitrogens with zero attached hydrogens (tertiary/aromatic N) is 3. The van der Waals surface area contributed by atoms with Crippen molar-refractivity contribution in [2.24, 2.45) is 5.10 Å². The van der Waals surface area contributed by atoms with Crippen molar-refractivity contribution in [1.82, 2.24) is 14.6 Å². The Kier molecular flexibility index (Phi) is 7.64. The number of hydrazone groups is 1. The normalized spacial score (nSPS) is 11.2. The van der Waals surface area contributed by atoms with Gasteiger partial charge in [-0.1, -0.05) is 11.6 Å². The van der Waals surface area contributed by atoms with E-state index in [1.165, 1.54) is 0 Å². The lowest BCUT2D eigenvalue weighted by Crippen LogP contribution is -2.18. The third kappa shape index (κ3) is 5.37. The van der Waals surface area contributed by atoms with Gasteiger partial charge in [0.1, 0.15) is 0 Å². The van der Waals surface area contributed by atoms with Crippen LogP contribution in [0.3, 0.4) is 0 Å². The van der Waals surface area contributed by atoms with Crippen molar-refractivity contribution < 1.29 is 14.3 Å². The molecule has 2 aromatic carbocycles. The Morgan fingerprint density at radius 2 is 1.54 bits per heavy atom. The van der Waals surface area contributed by atoms with Gasteiger partial charge < -0.3 is 13.9 Å². The van der Waals surface area contributed by atoms with Crippen molar-refractivity contribution in [3.63, 3.8) is 0 Å². The van der Waals surface area contributed by atoms with Gasteiger partial charge in [-0.3, -0.25) is 4.79 Å². The first-order valence-electron chi connectivity index (χ1n) is 12.0. The molecule has 4 aromatic rings. The molecule has 1 amide bonds. The fourth-order valence-electron chi connectivity index (χ4n) is 4.40. The molecule has 0 fully saturated rings. The van der Waals surface area contributed by atoms with Crippen molar-refractivity contribution in [3.05, 3.63) is 105 Å². The number of amides is 1. The van der Waals surface area contributed by atoms with Gasteiger partial charge in [0.05, 0.1) is 29.0 Å². The maximum atomic E-state index is 12.7. The highest BCUT2D eigenvalue weighted by Gasteiger charge is 2.14. The van der Waals surface area contributed by atoms with Gasteiger partial charge in [0.2, 0.25) is 0 Å². The van der Waals surface area contributed by atoms with Gasteiger partial charge in [-0.05, 0) is 95.3 Å². The molecule has 0 spiro atoms. The van der Waals surface area contributed by atoms with Crippen LogP contribution in [-0.2, 0) is 4.74 Å². The number of benzene rings is 2. The van der Waals surface area contributed by atoms with E-state index in [-0.39, 0.29) is 5.97 Å². The summed E-state index contributed by atoms with van der Waals surface area (Å²) < 4.78 is 9.18. The van der Waals surface area contributed by atoms with E-state index in [0.717, 1.165) is 39.7 Å². The predicted molar refractivity (Wildman–Crippen MR) is 147 cm³/mol. The summed E-state index contributed by atoms with van der Waals surface area (Å²) in [5.41, 5.74) is 10.2. The van der Waals surface area contributed by atoms with Crippen molar-refractivity contribution in [1.29, 1.82) is 0 Å². The lowest BCUT2D eigenvalue weighted by molar-refractivity contribution is 0.0526. The molecular formula is C29H29ClN4O3. The Hall–Kier alpha value is -4.10. The van der Waals surface area contributed by atoms with Crippen molar-refractivity contribution >= 4 is 29.7 Å². The van der Waals surface area contributed by atoms with E-state index >= 15 is 0 Å². The van der Waals surface area contributed by atoms with E-state index in [2.05, 4.69) is 19.7 Å². The molecule has 0 atom stereocenters. The Labute approximate surface area is 221 Å². The molecule has 4 rings (SSSR count).